The predicted octanol–water partition coefficient (Wildman–Crippen LogP) is 2.97. The lowest BCUT2D eigenvalue weighted by Gasteiger charge is -2.23. The molecule has 4 heteroatoms. The van der Waals surface area contributed by atoms with Crippen molar-refractivity contribution in [3.8, 4) is 0 Å². The summed E-state index contributed by atoms with van der Waals surface area (Å²) in [4.78, 5) is 11.2. The molecule has 1 rings (SSSR count). The molecule has 0 aliphatic heterocycles. The summed E-state index contributed by atoms with van der Waals surface area (Å²) >= 11 is 5.19. The summed E-state index contributed by atoms with van der Waals surface area (Å²) in [5.74, 6) is 0.0448. The van der Waals surface area contributed by atoms with Crippen LogP contribution in [0.1, 0.15) is 38.1 Å². The number of carbonyl (C=O) groups is 1. The zero-order valence-corrected chi connectivity index (χ0v) is 11.4. The summed E-state index contributed by atoms with van der Waals surface area (Å²) in [6.07, 6.45) is 0. The highest BCUT2D eigenvalue weighted by atomic mass is 32.1. The topological polar surface area (TPSA) is 41.1 Å². The second-order valence-electron chi connectivity index (χ2n) is 4.97. The molecule has 0 saturated carbocycles. The first-order valence-corrected chi connectivity index (χ1v) is 5.89. The molecule has 0 aliphatic rings. The summed E-state index contributed by atoms with van der Waals surface area (Å²) < 4.78 is 0. The number of thiocarbonyl (C=S) groups is 1. The molecule has 0 aliphatic carbocycles. The minimum Gasteiger partial charge on any atom is -0.358 e. The SMILES string of the molecule is CC(=O)c1cccc(NC(=S)NC(C)(C)C)c1. The molecular weight excluding hydrogens is 232 g/mol. The Morgan fingerprint density at radius 2 is 1.94 bits per heavy atom. The summed E-state index contributed by atoms with van der Waals surface area (Å²) in [6.45, 7) is 7.65. The van der Waals surface area contributed by atoms with Crippen LogP contribution >= 0.6 is 12.2 Å². The molecule has 0 spiro atoms. The maximum Gasteiger partial charge on any atom is 0.171 e. The van der Waals surface area contributed by atoms with Gasteiger partial charge in [0.2, 0.25) is 0 Å². The first-order valence-electron chi connectivity index (χ1n) is 5.48. The highest BCUT2D eigenvalue weighted by molar-refractivity contribution is 7.80. The average molecular weight is 250 g/mol. The Bertz CT molecular complexity index is 435. The molecule has 0 bridgehead atoms. The normalized spacial score (nSPS) is 10.8. The lowest BCUT2D eigenvalue weighted by Crippen LogP contribution is -2.42. The van der Waals surface area contributed by atoms with Crippen molar-refractivity contribution < 1.29 is 4.79 Å². The Morgan fingerprint density at radius 3 is 2.47 bits per heavy atom. The molecule has 92 valence electrons. The van der Waals surface area contributed by atoms with E-state index in [1.807, 2.05) is 32.9 Å². The lowest BCUT2D eigenvalue weighted by atomic mass is 10.1. The van der Waals surface area contributed by atoms with Crippen LogP contribution in [0.25, 0.3) is 0 Å². The van der Waals surface area contributed by atoms with Crippen LogP contribution in [0.5, 0.6) is 0 Å². The molecule has 0 aromatic heterocycles. The maximum atomic E-state index is 11.2. The molecule has 0 heterocycles. The number of carbonyl (C=O) groups excluding carboxylic acids is 1. The highest BCUT2D eigenvalue weighted by Gasteiger charge is 2.11. The third-order valence-corrected chi connectivity index (χ3v) is 2.22. The van der Waals surface area contributed by atoms with Crippen molar-refractivity contribution in [2.75, 3.05) is 5.32 Å². The van der Waals surface area contributed by atoms with Crippen molar-refractivity contribution in [3.63, 3.8) is 0 Å². The van der Waals surface area contributed by atoms with Crippen LogP contribution in [0.4, 0.5) is 5.69 Å². The van der Waals surface area contributed by atoms with E-state index in [1.54, 1.807) is 19.1 Å². The molecule has 1 aromatic carbocycles. The molecule has 0 unspecified atom stereocenters. The zero-order chi connectivity index (χ0) is 13.1. The van der Waals surface area contributed by atoms with E-state index in [9.17, 15) is 4.79 Å². The molecule has 0 amide bonds. The Labute approximate surface area is 108 Å². The van der Waals surface area contributed by atoms with Gasteiger partial charge in [-0.05, 0) is 52.0 Å². The number of Topliss-reactive ketones (excluding diaryl/α,β-unsaturated/α-hetero) is 1. The third-order valence-electron chi connectivity index (χ3n) is 2.02. The quantitative estimate of drug-likeness (QED) is 0.625. The van der Waals surface area contributed by atoms with Gasteiger partial charge in [0.1, 0.15) is 0 Å². The maximum absolute atomic E-state index is 11.2. The van der Waals surface area contributed by atoms with E-state index in [2.05, 4.69) is 10.6 Å². The largest absolute Gasteiger partial charge is 0.358 e. The van der Waals surface area contributed by atoms with Gasteiger partial charge in [-0.2, -0.15) is 0 Å². The molecular formula is C13H18N2OS. The Balaban J connectivity index is 2.72. The monoisotopic (exact) mass is 250 g/mol. The van der Waals surface area contributed by atoms with E-state index in [-0.39, 0.29) is 11.3 Å². The second kappa shape index (κ2) is 5.27. The van der Waals surface area contributed by atoms with Crippen LogP contribution in [-0.4, -0.2) is 16.4 Å². The highest BCUT2D eigenvalue weighted by Crippen LogP contribution is 2.11. The van der Waals surface area contributed by atoms with Gasteiger partial charge in [0, 0.05) is 16.8 Å². The molecule has 2 N–H and O–H groups in total. The zero-order valence-electron chi connectivity index (χ0n) is 10.6. The fourth-order valence-electron chi connectivity index (χ4n) is 1.32. The van der Waals surface area contributed by atoms with E-state index in [4.69, 9.17) is 12.2 Å². The van der Waals surface area contributed by atoms with Gasteiger partial charge in [0.05, 0.1) is 0 Å². The number of hydrogen-bond acceptors (Lipinski definition) is 2. The molecule has 0 fully saturated rings. The van der Waals surface area contributed by atoms with Crippen molar-refractivity contribution in [2.24, 2.45) is 0 Å². The second-order valence-corrected chi connectivity index (χ2v) is 5.37. The van der Waals surface area contributed by atoms with Crippen molar-refractivity contribution >= 4 is 28.8 Å². The van der Waals surface area contributed by atoms with Gasteiger partial charge in [-0.25, -0.2) is 0 Å². The van der Waals surface area contributed by atoms with Gasteiger partial charge in [-0.15, -0.1) is 0 Å². The van der Waals surface area contributed by atoms with Crippen molar-refractivity contribution in [2.45, 2.75) is 33.2 Å². The Kier molecular flexibility index (Phi) is 4.23. The molecule has 1 aromatic rings. The number of rotatable bonds is 2. The van der Waals surface area contributed by atoms with Gasteiger partial charge >= 0.3 is 0 Å². The summed E-state index contributed by atoms with van der Waals surface area (Å²) in [5, 5.41) is 6.77. The fourth-order valence-corrected chi connectivity index (χ4v) is 1.74. The molecule has 0 radical (unpaired) electrons. The van der Waals surface area contributed by atoms with Gasteiger partial charge < -0.3 is 10.6 Å². The van der Waals surface area contributed by atoms with Crippen molar-refractivity contribution in [3.05, 3.63) is 29.8 Å². The van der Waals surface area contributed by atoms with Gasteiger partial charge in [0.25, 0.3) is 0 Å². The van der Waals surface area contributed by atoms with Crippen molar-refractivity contribution in [1.29, 1.82) is 0 Å². The minimum absolute atomic E-state index is 0.0448. The summed E-state index contributed by atoms with van der Waals surface area (Å²) in [7, 11) is 0. The number of hydrogen-bond donors (Lipinski definition) is 2. The average Bonchev–Trinajstić information content (AvgIpc) is 2.14. The van der Waals surface area contributed by atoms with Crippen LogP contribution in [0.2, 0.25) is 0 Å². The van der Waals surface area contributed by atoms with Crippen molar-refractivity contribution in [1.82, 2.24) is 5.32 Å². The predicted molar refractivity (Wildman–Crippen MR) is 75.6 cm³/mol. The van der Waals surface area contributed by atoms with Crippen LogP contribution < -0.4 is 10.6 Å². The van der Waals surface area contributed by atoms with Crippen LogP contribution in [0, 0.1) is 0 Å². The molecule has 17 heavy (non-hydrogen) atoms. The van der Waals surface area contributed by atoms with E-state index < -0.39 is 0 Å². The number of ketones is 1. The van der Waals surface area contributed by atoms with E-state index in [1.165, 1.54) is 0 Å². The summed E-state index contributed by atoms with van der Waals surface area (Å²) in [6, 6.07) is 7.29. The fraction of sp³-hybridized carbons (Fsp3) is 0.385. The standard InChI is InChI=1S/C13H18N2OS/c1-9(16)10-6-5-7-11(8-10)14-12(17)15-13(2,3)4/h5-8H,1-4H3,(H2,14,15,17). The van der Waals surface area contributed by atoms with Crippen LogP contribution in [0.3, 0.4) is 0 Å². The van der Waals surface area contributed by atoms with Crippen LogP contribution in [0.15, 0.2) is 24.3 Å². The Hall–Kier alpha value is -1.42. The summed E-state index contributed by atoms with van der Waals surface area (Å²) in [5.41, 5.74) is 1.41. The first-order chi connectivity index (χ1) is 7.78. The van der Waals surface area contributed by atoms with E-state index >= 15 is 0 Å². The molecule has 0 saturated heterocycles. The van der Waals surface area contributed by atoms with Gasteiger partial charge in [0.15, 0.2) is 10.9 Å². The van der Waals surface area contributed by atoms with E-state index in [0.717, 1.165) is 5.69 Å². The van der Waals surface area contributed by atoms with E-state index in [0.29, 0.717) is 10.7 Å². The van der Waals surface area contributed by atoms with Gasteiger partial charge in [-0.1, -0.05) is 12.1 Å². The molecule has 3 nitrogen and oxygen atoms in total. The van der Waals surface area contributed by atoms with Crippen LogP contribution in [-0.2, 0) is 0 Å². The number of nitrogens with one attached hydrogen (secondary N) is 2. The third kappa shape index (κ3) is 4.95. The minimum atomic E-state index is -0.0811. The Morgan fingerprint density at radius 1 is 1.29 bits per heavy atom. The first kappa shape index (κ1) is 13.6. The number of benzene rings is 1. The van der Waals surface area contributed by atoms with Gasteiger partial charge in [-0.3, -0.25) is 4.79 Å². The lowest BCUT2D eigenvalue weighted by molar-refractivity contribution is 0.101. The molecule has 0 atom stereocenters. The smallest absolute Gasteiger partial charge is 0.171 e. The number of anilines is 1.